The molecule has 0 radical (unpaired) electrons. The lowest BCUT2D eigenvalue weighted by Gasteiger charge is -2.21. The first-order chi connectivity index (χ1) is 13.0. The number of hydrogen-bond donors (Lipinski definition) is 1. The number of pyridine rings is 2. The number of anilines is 1. The van der Waals surface area contributed by atoms with E-state index in [0.717, 1.165) is 40.7 Å². The molecule has 3 aromatic heterocycles. The van der Waals surface area contributed by atoms with E-state index in [9.17, 15) is 4.79 Å². The van der Waals surface area contributed by atoms with Crippen molar-refractivity contribution in [2.75, 3.05) is 18.5 Å². The van der Waals surface area contributed by atoms with Gasteiger partial charge in [0.25, 0.3) is 5.91 Å². The van der Waals surface area contributed by atoms with E-state index in [1.165, 1.54) is 11.3 Å². The van der Waals surface area contributed by atoms with Gasteiger partial charge in [0.15, 0.2) is 0 Å². The van der Waals surface area contributed by atoms with Crippen molar-refractivity contribution in [2.24, 2.45) is 0 Å². The van der Waals surface area contributed by atoms with E-state index in [2.05, 4.69) is 25.2 Å². The minimum absolute atomic E-state index is 0.0935. The first kappa shape index (κ1) is 19.0. The highest BCUT2D eigenvalue weighted by Gasteiger charge is 2.15. The molecule has 0 saturated carbocycles. The van der Waals surface area contributed by atoms with Crippen LogP contribution in [-0.4, -0.2) is 34.5 Å². The van der Waals surface area contributed by atoms with Crippen molar-refractivity contribution >= 4 is 23.1 Å². The number of rotatable bonds is 7. The van der Waals surface area contributed by atoms with Gasteiger partial charge in [0.05, 0.1) is 10.7 Å². The molecule has 0 saturated heterocycles. The van der Waals surface area contributed by atoms with E-state index in [1.807, 2.05) is 51.2 Å². The second-order valence-corrected chi connectivity index (χ2v) is 7.51. The number of aryl methyl sites for hydroxylation is 2. The minimum Gasteiger partial charge on any atom is -0.359 e. The van der Waals surface area contributed by atoms with Crippen LogP contribution in [0.5, 0.6) is 0 Å². The Balaban J connectivity index is 1.64. The molecule has 3 rings (SSSR count). The molecule has 0 aliphatic heterocycles. The van der Waals surface area contributed by atoms with Crippen LogP contribution in [0.1, 0.15) is 31.6 Å². The van der Waals surface area contributed by atoms with Crippen molar-refractivity contribution in [2.45, 2.75) is 26.8 Å². The molecule has 140 valence electrons. The molecular weight excluding hydrogens is 358 g/mol. The Hall–Kier alpha value is -2.80. The van der Waals surface area contributed by atoms with E-state index in [-0.39, 0.29) is 5.91 Å². The van der Waals surface area contributed by atoms with Crippen LogP contribution in [0.2, 0.25) is 0 Å². The molecule has 3 aromatic rings. The predicted octanol–water partition coefficient (Wildman–Crippen LogP) is 3.16. The van der Waals surface area contributed by atoms with Crippen molar-refractivity contribution in [1.82, 2.24) is 20.3 Å². The molecule has 3 heterocycles. The summed E-state index contributed by atoms with van der Waals surface area (Å²) in [6, 6.07) is 9.81. The maximum absolute atomic E-state index is 12.5. The lowest BCUT2D eigenvalue weighted by Crippen LogP contribution is -2.27. The maximum Gasteiger partial charge on any atom is 0.263 e. The molecular formula is C20H23N5OS. The molecule has 0 aliphatic carbocycles. The highest BCUT2D eigenvalue weighted by atomic mass is 32.1. The third-order valence-corrected chi connectivity index (χ3v) is 5.28. The summed E-state index contributed by atoms with van der Waals surface area (Å²) < 4.78 is 0. The zero-order valence-electron chi connectivity index (χ0n) is 15.8. The van der Waals surface area contributed by atoms with Crippen molar-refractivity contribution in [3.63, 3.8) is 0 Å². The van der Waals surface area contributed by atoms with Crippen molar-refractivity contribution in [3.05, 3.63) is 69.6 Å². The molecule has 1 amide bonds. The summed E-state index contributed by atoms with van der Waals surface area (Å²) in [4.78, 5) is 28.4. The number of aromatic nitrogens is 3. The van der Waals surface area contributed by atoms with Gasteiger partial charge in [-0.3, -0.25) is 9.78 Å². The second kappa shape index (κ2) is 8.73. The summed E-state index contributed by atoms with van der Waals surface area (Å²) >= 11 is 1.42. The summed E-state index contributed by atoms with van der Waals surface area (Å²) in [7, 11) is 2.01. The average Bonchev–Trinajstić information content (AvgIpc) is 3.03. The number of thiazole rings is 1. The first-order valence-electron chi connectivity index (χ1n) is 8.81. The lowest BCUT2D eigenvalue weighted by molar-refractivity contribution is 0.0954. The monoisotopic (exact) mass is 381 g/mol. The van der Waals surface area contributed by atoms with Crippen molar-refractivity contribution < 1.29 is 4.79 Å². The smallest absolute Gasteiger partial charge is 0.263 e. The molecule has 7 heteroatoms. The van der Waals surface area contributed by atoms with Crippen molar-refractivity contribution in [3.8, 4) is 0 Å². The van der Waals surface area contributed by atoms with Gasteiger partial charge in [0.2, 0.25) is 0 Å². The molecule has 0 atom stereocenters. The zero-order chi connectivity index (χ0) is 19.2. The Morgan fingerprint density at radius 3 is 2.67 bits per heavy atom. The Kier molecular flexibility index (Phi) is 6.13. The van der Waals surface area contributed by atoms with Gasteiger partial charge in [-0.15, -0.1) is 11.3 Å². The third-order valence-electron chi connectivity index (χ3n) is 4.21. The highest BCUT2D eigenvalue weighted by Crippen LogP contribution is 2.19. The molecule has 0 aliphatic rings. The molecule has 1 N–H and O–H groups in total. The van der Waals surface area contributed by atoms with Crippen molar-refractivity contribution in [1.29, 1.82) is 0 Å². The van der Waals surface area contributed by atoms with Gasteiger partial charge in [-0.05, 0) is 32.0 Å². The Morgan fingerprint density at radius 2 is 1.96 bits per heavy atom. The topological polar surface area (TPSA) is 71.0 Å². The van der Waals surface area contributed by atoms with Crippen LogP contribution in [0.25, 0.3) is 0 Å². The van der Waals surface area contributed by atoms with Crippen LogP contribution < -0.4 is 10.2 Å². The normalized spacial score (nSPS) is 10.6. The molecule has 6 nitrogen and oxygen atoms in total. The number of likely N-dealkylation sites (N-methyl/N-ethyl adjacent to an activating group) is 1. The molecule has 0 spiro atoms. The van der Waals surface area contributed by atoms with Crippen LogP contribution in [0.15, 0.2) is 42.7 Å². The van der Waals surface area contributed by atoms with Gasteiger partial charge < -0.3 is 10.2 Å². The predicted molar refractivity (Wildman–Crippen MR) is 108 cm³/mol. The minimum atomic E-state index is -0.0935. The lowest BCUT2D eigenvalue weighted by atomic mass is 10.2. The molecule has 27 heavy (non-hydrogen) atoms. The van der Waals surface area contributed by atoms with E-state index in [4.69, 9.17) is 0 Å². The zero-order valence-corrected chi connectivity index (χ0v) is 16.6. The standard InChI is InChI=1S/C20H23N5OS/c1-14-18(27-15(2)24-14)20(26)23-13-16-7-6-11-22-19(16)25(3)12-9-17-8-4-5-10-21-17/h4-8,10-11H,9,12-13H2,1-3H3,(H,23,26). The number of carbonyl (C=O) groups is 1. The first-order valence-corrected chi connectivity index (χ1v) is 9.63. The van der Waals surface area contributed by atoms with E-state index >= 15 is 0 Å². The summed E-state index contributed by atoms with van der Waals surface area (Å²) in [6.07, 6.45) is 4.41. The third kappa shape index (κ3) is 4.89. The van der Waals surface area contributed by atoms with Crippen LogP contribution in [0.4, 0.5) is 5.82 Å². The van der Waals surface area contributed by atoms with Crippen LogP contribution >= 0.6 is 11.3 Å². The second-order valence-electron chi connectivity index (χ2n) is 6.31. The van der Waals surface area contributed by atoms with Gasteiger partial charge >= 0.3 is 0 Å². The molecule has 0 fully saturated rings. The van der Waals surface area contributed by atoms with Gasteiger partial charge in [-0.1, -0.05) is 12.1 Å². The van der Waals surface area contributed by atoms with Gasteiger partial charge in [-0.25, -0.2) is 9.97 Å². The summed E-state index contributed by atoms with van der Waals surface area (Å²) in [5.74, 6) is 0.773. The maximum atomic E-state index is 12.5. The Bertz CT molecular complexity index is 910. The van der Waals surface area contributed by atoms with Crippen LogP contribution in [-0.2, 0) is 13.0 Å². The Labute approximate surface area is 163 Å². The van der Waals surface area contributed by atoms with E-state index in [0.29, 0.717) is 11.4 Å². The summed E-state index contributed by atoms with van der Waals surface area (Å²) in [6.45, 7) is 4.98. The van der Waals surface area contributed by atoms with Gasteiger partial charge in [0.1, 0.15) is 10.7 Å². The average molecular weight is 382 g/mol. The number of carbonyl (C=O) groups excluding carboxylic acids is 1. The van der Waals surface area contributed by atoms with E-state index < -0.39 is 0 Å². The fourth-order valence-corrected chi connectivity index (χ4v) is 3.68. The van der Waals surface area contributed by atoms with Gasteiger partial charge in [0, 0.05) is 50.2 Å². The quantitative estimate of drug-likeness (QED) is 0.681. The van der Waals surface area contributed by atoms with Gasteiger partial charge in [-0.2, -0.15) is 0 Å². The molecule has 0 aromatic carbocycles. The Morgan fingerprint density at radius 1 is 1.15 bits per heavy atom. The number of nitrogens with zero attached hydrogens (tertiary/aromatic N) is 4. The number of hydrogen-bond acceptors (Lipinski definition) is 6. The van der Waals surface area contributed by atoms with Crippen LogP contribution in [0, 0.1) is 13.8 Å². The summed E-state index contributed by atoms with van der Waals surface area (Å²) in [5, 5.41) is 3.89. The highest BCUT2D eigenvalue weighted by molar-refractivity contribution is 7.13. The fourth-order valence-electron chi connectivity index (χ4n) is 2.84. The summed E-state index contributed by atoms with van der Waals surface area (Å²) in [5.41, 5.74) is 2.80. The molecule has 0 unspecified atom stereocenters. The van der Waals surface area contributed by atoms with E-state index in [1.54, 1.807) is 12.4 Å². The number of amides is 1. The van der Waals surface area contributed by atoms with Crippen LogP contribution in [0.3, 0.4) is 0 Å². The SMILES string of the molecule is Cc1nc(C)c(C(=O)NCc2cccnc2N(C)CCc2ccccn2)s1. The number of nitrogens with one attached hydrogen (secondary N) is 1. The molecule has 0 bridgehead atoms. The fraction of sp³-hybridized carbons (Fsp3) is 0.300. The largest absolute Gasteiger partial charge is 0.359 e.